The van der Waals surface area contributed by atoms with Gasteiger partial charge in [0.25, 0.3) is 0 Å². The van der Waals surface area contributed by atoms with Crippen LogP contribution in [0.5, 0.6) is 5.75 Å². The van der Waals surface area contributed by atoms with E-state index >= 15 is 0 Å². The molecule has 1 aromatic carbocycles. The molecule has 1 fully saturated rings. The molecule has 6 heteroatoms. The Kier molecular flexibility index (Phi) is 2.62. The lowest BCUT2D eigenvalue weighted by atomic mass is 9.93. The molecular weight excluding hydrogens is 230 g/mol. The summed E-state index contributed by atoms with van der Waals surface area (Å²) in [6.45, 7) is 0. The monoisotopic (exact) mass is 245 g/mol. The fourth-order valence-corrected chi connectivity index (χ4v) is 2.15. The molecule has 2 N–H and O–H groups in total. The Morgan fingerprint density at radius 1 is 1.39 bits per heavy atom. The Morgan fingerprint density at radius 2 is 2.22 bits per heavy atom. The smallest absolute Gasteiger partial charge is 0.186 e. The third kappa shape index (κ3) is 1.70. The van der Waals surface area contributed by atoms with Gasteiger partial charge in [0.1, 0.15) is 5.75 Å². The molecule has 1 aliphatic rings. The molecule has 18 heavy (non-hydrogen) atoms. The number of rotatable bonds is 3. The number of tetrazole rings is 1. The summed E-state index contributed by atoms with van der Waals surface area (Å²) in [6.07, 6.45) is 3.49. The van der Waals surface area contributed by atoms with Crippen molar-refractivity contribution in [3.05, 3.63) is 18.2 Å². The first-order chi connectivity index (χ1) is 8.79. The summed E-state index contributed by atoms with van der Waals surface area (Å²) in [5, 5.41) is 12.0. The van der Waals surface area contributed by atoms with E-state index in [4.69, 9.17) is 10.5 Å². The van der Waals surface area contributed by atoms with Crippen molar-refractivity contribution in [1.29, 1.82) is 0 Å². The van der Waals surface area contributed by atoms with Gasteiger partial charge in [-0.3, -0.25) is 0 Å². The molecule has 0 aliphatic heterocycles. The van der Waals surface area contributed by atoms with Gasteiger partial charge < -0.3 is 10.5 Å². The molecular formula is C12H15N5O. The van der Waals surface area contributed by atoms with Crippen molar-refractivity contribution in [3.63, 3.8) is 0 Å². The number of methoxy groups -OCH3 is 1. The Bertz CT molecular complexity index is 561. The summed E-state index contributed by atoms with van der Waals surface area (Å²) in [7, 11) is 1.63. The van der Waals surface area contributed by atoms with Crippen LogP contribution >= 0.6 is 0 Å². The van der Waals surface area contributed by atoms with E-state index in [0.717, 1.165) is 30.0 Å². The van der Waals surface area contributed by atoms with E-state index in [2.05, 4.69) is 15.5 Å². The third-order valence-electron chi connectivity index (χ3n) is 3.38. The Labute approximate surface area is 105 Å². The Morgan fingerprint density at radius 3 is 2.89 bits per heavy atom. The van der Waals surface area contributed by atoms with Gasteiger partial charge in [-0.25, -0.2) is 4.68 Å². The highest BCUT2D eigenvalue weighted by Gasteiger charge is 2.25. The molecule has 1 saturated carbocycles. The van der Waals surface area contributed by atoms with E-state index in [-0.39, 0.29) is 0 Å². The standard InChI is InChI=1S/C12H15N5O/c1-18-11-6-5-8(13)7-10(11)12-14-15-16-17(12)9-3-2-4-9/h5-7,9H,2-4,13H2,1H3. The van der Waals surface area contributed by atoms with Crippen molar-refractivity contribution in [2.45, 2.75) is 25.3 Å². The second kappa shape index (κ2) is 4.29. The first-order valence-corrected chi connectivity index (χ1v) is 6.01. The zero-order chi connectivity index (χ0) is 12.5. The summed E-state index contributed by atoms with van der Waals surface area (Å²) < 4.78 is 7.22. The number of nitrogens with two attached hydrogens (primary N) is 1. The highest BCUT2D eigenvalue weighted by Crippen LogP contribution is 2.36. The molecule has 0 unspecified atom stereocenters. The topological polar surface area (TPSA) is 78.8 Å². The van der Waals surface area contributed by atoms with Gasteiger partial charge in [-0.2, -0.15) is 0 Å². The van der Waals surface area contributed by atoms with Crippen molar-refractivity contribution >= 4 is 5.69 Å². The van der Waals surface area contributed by atoms with Gasteiger partial charge in [0.2, 0.25) is 0 Å². The predicted molar refractivity (Wildman–Crippen MR) is 67.1 cm³/mol. The van der Waals surface area contributed by atoms with Gasteiger partial charge in [0.05, 0.1) is 18.7 Å². The summed E-state index contributed by atoms with van der Waals surface area (Å²) >= 11 is 0. The van der Waals surface area contributed by atoms with Crippen LogP contribution in [0.25, 0.3) is 11.4 Å². The van der Waals surface area contributed by atoms with E-state index in [0.29, 0.717) is 11.7 Å². The summed E-state index contributed by atoms with van der Waals surface area (Å²) in [6, 6.07) is 5.89. The fourth-order valence-electron chi connectivity index (χ4n) is 2.15. The largest absolute Gasteiger partial charge is 0.496 e. The van der Waals surface area contributed by atoms with Crippen LogP contribution in [-0.2, 0) is 0 Å². The second-order valence-electron chi connectivity index (χ2n) is 4.49. The third-order valence-corrected chi connectivity index (χ3v) is 3.38. The van der Waals surface area contributed by atoms with Gasteiger partial charge in [-0.1, -0.05) is 0 Å². The number of nitrogen functional groups attached to an aromatic ring is 1. The average Bonchev–Trinajstić information content (AvgIpc) is 2.75. The molecule has 0 spiro atoms. The van der Waals surface area contributed by atoms with Crippen LogP contribution < -0.4 is 10.5 Å². The minimum absolute atomic E-state index is 0.404. The zero-order valence-corrected chi connectivity index (χ0v) is 10.2. The Balaban J connectivity index is 2.08. The highest BCUT2D eigenvalue weighted by molar-refractivity contribution is 5.68. The van der Waals surface area contributed by atoms with E-state index < -0.39 is 0 Å². The lowest BCUT2D eigenvalue weighted by molar-refractivity contribution is 0.287. The molecule has 6 nitrogen and oxygen atoms in total. The number of aromatic nitrogens is 4. The number of hydrogen-bond acceptors (Lipinski definition) is 5. The van der Waals surface area contributed by atoms with Crippen molar-refractivity contribution in [2.75, 3.05) is 12.8 Å². The number of benzene rings is 1. The SMILES string of the molecule is COc1ccc(N)cc1-c1nnnn1C1CCC1. The van der Waals surface area contributed by atoms with Gasteiger partial charge in [0, 0.05) is 5.69 Å². The first kappa shape index (κ1) is 11.0. The van der Waals surface area contributed by atoms with Gasteiger partial charge in [0.15, 0.2) is 5.82 Å². The molecule has 2 aromatic rings. The van der Waals surface area contributed by atoms with E-state index in [1.807, 2.05) is 16.8 Å². The number of ether oxygens (including phenoxy) is 1. The quantitative estimate of drug-likeness (QED) is 0.832. The van der Waals surface area contributed by atoms with Gasteiger partial charge >= 0.3 is 0 Å². The average molecular weight is 245 g/mol. The van der Waals surface area contributed by atoms with Crippen molar-refractivity contribution in [3.8, 4) is 17.1 Å². The van der Waals surface area contributed by atoms with Crippen LogP contribution in [0, 0.1) is 0 Å². The molecule has 1 heterocycles. The molecule has 1 aliphatic carbocycles. The molecule has 0 atom stereocenters. The van der Waals surface area contributed by atoms with Crippen LogP contribution in [-0.4, -0.2) is 27.3 Å². The molecule has 1 aromatic heterocycles. The summed E-state index contributed by atoms with van der Waals surface area (Å²) in [5.74, 6) is 1.46. The number of hydrogen-bond donors (Lipinski definition) is 1. The zero-order valence-electron chi connectivity index (χ0n) is 10.2. The maximum Gasteiger partial charge on any atom is 0.186 e. The van der Waals surface area contributed by atoms with Crippen molar-refractivity contribution < 1.29 is 4.74 Å². The van der Waals surface area contributed by atoms with E-state index in [1.54, 1.807) is 13.2 Å². The predicted octanol–water partition coefficient (Wildman–Crippen LogP) is 1.66. The van der Waals surface area contributed by atoms with Crippen LogP contribution in [0.4, 0.5) is 5.69 Å². The van der Waals surface area contributed by atoms with Gasteiger partial charge in [-0.05, 0) is 47.9 Å². The van der Waals surface area contributed by atoms with Crippen LogP contribution in [0.2, 0.25) is 0 Å². The van der Waals surface area contributed by atoms with Crippen molar-refractivity contribution in [2.24, 2.45) is 0 Å². The number of anilines is 1. The summed E-state index contributed by atoms with van der Waals surface area (Å²) in [5.41, 5.74) is 7.34. The summed E-state index contributed by atoms with van der Waals surface area (Å²) in [4.78, 5) is 0. The minimum Gasteiger partial charge on any atom is -0.496 e. The molecule has 94 valence electrons. The van der Waals surface area contributed by atoms with Crippen LogP contribution in [0.1, 0.15) is 25.3 Å². The minimum atomic E-state index is 0.404. The lowest BCUT2D eigenvalue weighted by Crippen LogP contribution is -2.19. The maximum absolute atomic E-state index is 5.83. The fraction of sp³-hybridized carbons (Fsp3) is 0.417. The van der Waals surface area contributed by atoms with Crippen LogP contribution in [0.15, 0.2) is 18.2 Å². The van der Waals surface area contributed by atoms with E-state index in [1.165, 1.54) is 6.42 Å². The number of nitrogens with zero attached hydrogens (tertiary/aromatic N) is 4. The molecule has 0 saturated heterocycles. The lowest BCUT2D eigenvalue weighted by Gasteiger charge is -2.26. The molecule has 0 bridgehead atoms. The normalized spacial score (nSPS) is 15.4. The van der Waals surface area contributed by atoms with Gasteiger partial charge in [-0.15, -0.1) is 5.10 Å². The molecule has 0 radical (unpaired) electrons. The Hall–Kier alpha value is -2.11. The van der Waals surface area contributed by atoms with Crippen molar-refractivity contribution in [1.82, 2.24) is 20.2 Å². The van der Waals surface area contributed by atoms with E-state index in [9.17, 15) is 0 Å². The maximum atomic E-state index is 5.83. The molecule has 0 amide bonds. The molecule has 3 rings (SSSR count). The second-order valence-corrected chi connectivity index (χ2v) is 4.49. The highest BCUT2D eigenvalue weighted by atomic mass is 16.5. The first-order valence-electron chi connectivity index (χ1n) is 6.01. The van der Waals surface area contributed by atoms with Crippen LogP contribution in [0.3, 0.4) is 0 Å².